The van der Waals surface area contributed by atoms with E-state index in [9.17, 15) is 9.59 Å². The average Bonchev–Trinajstić information content (AvgIpc) is 2.47. The SMILES string of the molecule is COC(=O)C(CNC(=O)C(C)CN)c1ccccc1. The van der Waals surface area contributed by atoms with Gasteiger partial charge in [0.1, 0.15) is 0 Å². The third-order valence-electron chi connectivity index (χ3n) is 2.97. The molecule has 2 unspecified atom stereocenters. The number of carbonyl (C=O) groups excluding carboxylic acids is 2. The van der Waals surface area contributed by atoms with Gasteiger partial charge in [-0.05, 0) is 5.56 Å². The highest BCUT2D eigenvalue weighted by Gasteiger charge is 2.22. The van der Waals surface area contributed by atoms with Crippen molar-refractivity contribution in [1.82, 2.24) is 5.32 Å². The highest BCUT2D eigenvalue weighted by atomic mass is 16.5. The zero-order valence-electron chi connectivity index (χ0n) is 11.3. The Morgan fingerprint density at radius 3 is 2.47 bits per heavy atom. The second kappa shape index (κ2) is 7.53. The van der Waals surface area contributed by atoms with Crippen LogP contribution in [0.15, 0.2) is 30.3 Å². The van der Waals surface area contributed by atoms with E-state index in [1.807, 2.05) is 30.3 Å². The summed E-state index contributed by atoms with van der Waals surface area (Å²) in [5, 5.41) is 2.73. The van der Waals surface area contributed by atoms with Gasteiger partial charge in [-0.25, -0.2) is 0 Å². The smallest absolute Gasteiger partial charge is 0.314 e. The molecule has 0 fully saturated rings. The Hall–Kier alpha value is -1.88. The molecule has 5 heteroatoms. The number of carbonyl (C=O) groups is 2. The lowest BCUT2D eigenvalue weighted by Gasteiger charge is -2.17. The van der Waals surface area contributed by atoms with Gasteiger partial charge in [-0.2, -0.15) is 0 Å². The van der Waals surface area contributed by atoms with Crippen molar-refractivity contribution in [3.05, 3.63) is 35.9 Å². The molecule has 0 bridgehead atoms. The van der Waals surface area contributed by atoms with Crippen molar-refractivity contribution in [2.45, 2.75) is 12.8 Å². The van der Waals surface area contributed by atoms with Crippen LogP contribution in [0.2, 0.25) is 0 Å². The van der Waals surface area contributed by atoms with E-state index in [4.69, 9.17) is 10.5 Å². The van der Waals surface area contributed by atoms with E-state index in [0.717, 1.165) is 5.56 Å². The zero-order chi connectivity index (χ0) is 14.3. The van der Waals surface area contributed by atoms with Crippen LogP contribution in [0.4, 0.5) is 0 Å². The van der Waals surface area contributed by atoms with Gasteiger partial charge >= 0.3 is 5.97 Å². The summed E-state index contributed by atoms with van der Waals surface area (Å²) in [5.41, 5.74) is 6.24. The summed E-state index contributed by atoms with van der Waals surface area (Å²) in [6, 6.07) is 9.22. The van der Waals surface area contributed by atoms with Crippen LogP contribution in [0.5, 0.6) is 0 Å². The number of esters is 1. The van der Waals surface area contributed by atoms with Crippen molar-refractivity contribution in [3.8, 4) is 0 Å². The quantitative estimate of drug-likeness (QED) is 0.739. The highest BCUT2D eigenvalue weighted by Crippen LogP contribution is 2.16. The monoisotopic (exact) mass is 264 g/mol. The van der Waals surface area contributed by atoms with E-state index < -0.39 is 5.92 Å². The maximum atomic E-state index is 11.8. The van der Waals surface area contributed by atoms with Crippen molar-refractivity contribution in [3.63, 3.8) is 0 Å². The van der Waals surface area contributed by atoms with Crippen LogP contribution in [-0.4, -0.2) is 32.1 Å². The topological polar surface area (TPSA) is 81.4 Å². The molecule has 1 amide bonds. The first-order chi connectivity index (χ1) is 9.10. The predicted octanol–water partition coefficient (Wildman–Crippen LogP) is 0.654. The lowest BCUT2D eigenvalue weighted by atomic mass is 9.99. The van der Waals surface area contributed by atoms with Crippen molar-refractivity contribution in [2.75, 3.05) is 20.2 Å². The second-order valence-corrected chi connectivity index (χ2v) is 4.37. The molecule has 19 heavy (non-hydrogen) atoms. The molecular weight excluding hydrogens is 244 g/mol. The Labute approximate surface area is 113 Å². The first-order valence-corrected chi connectivity index (χ1v) is 6.20. The summed E-state index contributed by atoms with van der Waals surface area (Å²) in [7, 11) is 1.34. The molecule has 0 saturated carbocycles. The van der Waals surface area contributed by atoms with Gasteiger partial charge in [-0.3, -0.25) is 9.59 Å². The summed E-state index contributed by atoms with van der Waals surface area (Å²) >= 11 is 0. The Bertz CT molecular complexity index is 420. The van der Waals surface area contributed by atoms with E-state index in [0.29, 0.717) is 0 Å². The molecule has 0 aliphatic rings. The Morgan fingerprint density at radius 1 is 1.32 bits per heavy atom. The maximum Gasteiger partial charge on any atom is 0.314 e. The zero-order valence-corrected chi connectivity index (χ0v) is 11.3. The Morgan fingerprint density at radius 2 is 1.95 bits per heavy atom. The molecule has 5 nitrogen and oxygen atoms in total. The lowest BCUT2D eigenvalue weighted by Crippen LogP contribution is -2.37. The molecule has 2 atom stereocenters. The van der Waals surface area contributed by atoms with Gasteiger partial charge in [0.2, 0.25) is 5.91 Å². The number of benzene rings is 1. The van der Waals surface area contributed by atoms with Crippen LogP contribution in [0, 0.1) is 5.92 Å². The molecule has 1 aromatic rings. The van der Waals surface area contributed by atoms with E-state index in [1.165, 1.54) is 7.11 Å². The molecule has 0 aromatic heterocycles. The fourth-order valence-corrected chi connectivity index (χ4v) is 1.65. The van der Waals surface area contributed by atoms with Gasteiger partial charge in [-0.1, -0.05) is 37.3 Å². The molecule has 3 N–H and O–H groups in total. The van der Waals surface area contributed by atoms with E-state index in [-0.39, 0.29) is 30.9 Å². The third-order valence-corrected chi connectivity index (χ3v) is 2.97. The number of hydrogen-bond acceptors (Lipinski definition) is 4. The van der Waals surface area contributed by atoms with Gasteiger partial charge in [0, 0.05) is 19.0 Å². The van der Waals surface area contributed by atoms with E-state index in [1.54, 1.807) is 6.92 Å². The minimum atomic E-state index is -0.500. The van der Waals surface area contributed by atoms with Crippen LogP contribution in [0.25, 0.3) is 0 Å². The molecule has 0 saturated heterocycles. The van der Waals surface area contributed by atoms with Crippen LogP contribution >= 0.6 is 0 Å². The fourth-order valence-electron chi connectivity index (χ4n) is 1.65. The van der Waals surface area contributed by atoms with Gasteiger partial charge < -0.3 is 15.8 Å². The standard InChI is InChI=1S/C14H20N2O3/c1-10(8-15)13(17)16-9-12(14(18)19-2)11-6-4-3-5-7-11/h3-7,10,12H,8-9,15H2,1-2H3,(H,16,17). The molecule has 0 aliphatic carbocycles. The lowest BCUT2D eigenvalue weighted by molar-refractivity contribution is -0.142. The minimum absolute atomic E-state index is 0.160. The first kappa shape index (κ1) is 15.2. The van der Waals surface area contributed by atoms with Crippen molar-refractivity contribution in [2.24, 2.45) is 11.7 Å². The van der Waals surface area contributed by atoms with Crippen molar-refractivity contribution < 1.29 is 14.3 Å². The number of nitrogens with one attached hydrogen (secondary N) is 1. The number of amides is 1. The van der Waals surface area contributed by atoms with Crippen molar-refractivity contribution >= 4 is 11.9 Å². The number of hydrogen-bond donors (Lipinski definition) is 2. The largest absolute Gasteiger partial charge is 0.468 e. The van der Waals surface area contributed by atoms with E-state index in [2.05, 4.69) is 5.32 Å². The fraction of sp³-hybridized carbons (Fsp3) is 0.429. The second-order valence-electron chi connectivity index (χ2n) is 4.37. The molecule has 0 aliphatic heterocycles. The summed E-state index contributed by atoms with van der Waals surface area (Å²) in [5.74, 6) is -1.30. The molecule has 0 radical (unpaired) electrons. The van der Waals surface area contributed by atoms with Crippen LogP contribution < -0.4 is 11.1 Å². The number of methoxy groups -OCH3 is 1. The van der Waals surface area contributed by atoms with Crippen LogP contribution in [-0.2, 0) is 14.3 Å². The minimum Gasteiger partial charge on any atom is -0.468 e. The molecule has 104 valence electrons. The predicted molar refractivity (Wildman–Crippen MR) is 72.4 cm³/mol. The average molecular weight is 264 g/mol. The summed E-state index contributed by atoms with van der Waals surface area (Å²) in [4.78, 5) is 23.4. The Balaban J connectivity index is 2.72. The third kappa shape index (κ3) is 4.37. The Kier molecular flexibility index (Phi) is 6.02. The van der Waals surface area contributed by atoms with E-state index >= 15 is 0 Å². The van der Waals surface area contributed by atoms with Crippen LogP contribution in [0.3, 0.4) is 0 Å². The maximum absolute atomic E-state index is 11.8. The van der Waals surface area contributed by atoms with Gasteiger partial charge in [-0.15, -0.1) is 0 Å². The van der Waals surface area contributed by atoms with Crippen LogP contribution in [0.1, 0.15) is 18.4 Å². The molecule has 0 spiro atoms. The summed E-state index contributed by atoms with van der Waals surface area (Å²) < 4.78 is 4.77. The highest BCUT2D eigenvalue weighted by molar-refractivity contribution is 5.81. The molecular formula is C14H20N2O3. The summed E-state index contributed by atoms with van der Waals surface area (Å²) in [6.45, 7) is 2.23. The molecule has 0 heterocycles. The number of nitrogens with two attached hydrogens (primary N) is 1. The molecule has 1 rings (SSSR count). The number of ether oxygens (including phenoxy) is 1. The summed E-state index contributed by atoms with van der Waals surface area (Å²) in [6.07, 6.45) is 0. The van der Waals surface area contributed by atoms with Gasteiger partial charge in [0.25, 0.3) is 0 Å². The normalized spacial score (nSPS) is 13.4. The number of rotatable bonds is 6. The van der Waals surface area contributed by atoms with Crippen molar-refractivity contribution in [1.29, 1.82) is 0 Å². The first-order valence-electron chi connectivity index (χ1n) is 6.20. The molecule has 1 aromatic carbocycles. The van der Waals surface area contributed by atoms with Gasteiger partial charge in [0.05, 0.1) is 13.0 Å². The van der Waals surface area contributed by atoms with Gasteiger partial charge in [0.15, 0.2) is 0 Å².